The molecule has 19 heavy (non-hydrogen) atoms. The van der Waals surface area contributed by atoms with Crippen molar-refractivity contribution in [3.8, 4) is 0 Å². The van der Waals surface area contributed by atoms with Crippen molar-refractivity contribution in [1.29, 1.82) is 0 Å². The zero-order valence-electron chi connectivity index (χ0n) is 10.7. The lowest BCUT2D eigenvalue weighted by atomic mass is 10.1. The highest BCUT2D eigenvalue weighted by atomic mass is 19.1. The van der Waals surface area contributed by atoms with E-state index >= 15 is 0 Å². The van der Waals surface area contributed by atoms with Crippen molar-refractivity contribution in [2.75, 3.05) is 11.9 Å². The molecule has 0 amide bonds. The molecule has 4 heteroatoms. The van der Waals surface area contributed by atoms with Crippen molar-refractivity contribution in [2.24, 2.45) is 0 Å². The van der Waals surface area contributed by atoms with E-state index in [0.717, 1.165) is 11.3 Å². The van der Waals surface area contributed by atoms with Gasteiger partial charge in [0.15, 0.2) is 0 Å². The van der Waals surface area contributed by atoms with E-state index in [-0.39, 0.29) is 11.4 Å². The van der Waals surface area contributed by atoms with Gasteiger partial charge in [-0.25, -0.2) is 9.18 Å². The fourth-order valence-corrected chi connectivity index (χ4v) is 1.90. The van der Waals surface area contributed by atoms with E-state index in [1.807, 2.05) is 6.92 Å². The first-order valence-electron chi connectivity index (χ1n) is 5.82. The number of aromatic carboxylic acids is 1. The Bertz CT molecular complexity index is 608. The number of hydrogen-bond donors (Lipinski definition) is 1. The summed E-state index contributed by atoms with van der Waals surface area (Å²) in [7, 11) is 1.76. The molecule has 0 radical (unpaired) electrons. The van der Waals surface area contributed by atoms with Gasteiger partial charge in [0, 0.05) is 12.7 Å². The molecule has 2 aromatic carbocycles. The quantitative estimate of drug-likeness (QED) is 0.915. The molecule has 0 saturated carbocycles. The molecule has 0 fully saturated rings. The summed E-state index contributed by atoms with van der Waals surface area (Å²) < 4.78 is 12.9. The van der Waals surface area contributed by atoms with Crippen LogP contribution in [0.1, 0.15) is 15.9 Å². The highest BCUT2D eigenvalue weighted by Gasteiger charge is 2.14. The summed E-state index contributed by atoms with van der Waals surface area (Å²) in [5.41, 5.74) is 2.50. The second-order valence-electron chi connectivity index (χ2n) is 4.36. The van der Waals surface area contributed by atoms with Crippen LogP contribution in [0.2, 0.25) is 0 Å². The number of nitrogens with zero attached hydrogens (tertiary/aromatic N) is 1. The minimum absolute atomic E-state index is 0.220. The predicted molar refractivity (Wildman–Crippen MR) is 72.6 cm³/mol. The number of halogens is 1. The maximum atomic E-state index is 12.9. The third-order valence-electron chi connectivity index (χ3n) is 2.96. The summed E-state index contributed by atoms with van der Waals surface area (Å²) in [6.45, 7) is 1.90. The van der Waals surface area contributed by atoms with Gasteiger partial charge in [0.05, 0.1) is 11.3 Å². The molecule has 0 saturated heterocycles. The van der Waals surface area contributed by atoms with Crippen LogP contribution in [0.25, 0.3) is 0 Å². The van der Waals surface area contributed by atoms with Crippen LogP contribution < -0.4 is 4.90 Å². The summed E-state index contributed by atoms with van der Waals surface area (Å²) in [5.74, 6) is -1.30. The highest BCUT2D eigenvalue weighted by molar-refractivity contribution is 5.95. The molecule has 2 aromatic rings. The van der Waals surface area contributed by atoms with Gasteiger partial charge in [-0.3, -0.25) is 0 Å². The Labute approximate surface area is 110 Å². The Morgan fingerprint density at radius 1 is 1.16 bits per heavy atom. The molecule has 0 aromatic heterocycles. The second-order valence-corrected chi connectivity index (χ2v) is 4.36. The SMILES string of the molecule is Cc1ccc(C(=O)O)c(N(C)c2ccc(F)cc2)c1. The Morgan fingerprint density at radius 2 is 1.79 bits per heavy atom. The number of carbonyl (C=O) groups is 1. The molecule has 3 nitrogen and oxygen atoms in total. The lowest BCUT2D eigenvalue weighted by Crippen LogP contribution is -2.14. The van der Waals surface area contributed by atoms with E-state index in [1.165, 1.54) is 12.1 Å². The van der Waals surface area contributed by atoms with Crippen molar-refractivity contribution < 1.29 is 14.3 Å². The fraction of sp³-hybridized carbons (Fsp3) is 0.133. The van der Waals surface area contributed by atoms with Crippen LogP contribution >= 0.6 is 0 Å². The maximum Gasteiger partial charge on any atom is 0.337 e. The lowest BCUT2D eigenvalue weighted by Gasteiger charge is -2.22. The number of benzene rings is 2. The molecule has 0 aliphatic rings. The highest BCUT2D eigenvalue weighted by Crippen LogP contribution is 2.28. The van der Waals surface area contributed by atoms with Crippen molar-refractivity contribution in [2.45, 2.75) is 6.92 Å². The first-order valence-corrected chi connectivity index (χ1v) is 5.82. The van der Waals surface area contributed by atoms with Crippen molar-refractivity contribution >= 4 is 17.3 Å². The van der Waals surface area contributed by atoms with E-state index in [2.05, 4.69) is 0 Å². The molecule has 0 heterocycles. The topological polar surface area (TPSA) is 40.5 Å². The van der Waals surface area contributed by atoms with E-state index in [9.17, 15) is 14.3 Å². The smallest absolute Gasteiger partial charge is 0.337 e. The molecule has 0 aliphatic carbocycles. The van der Waals surface area contributed by atoms with Crippen LogP contribution in [0.4, 0.5) is 15.8 Å². The molecule has 0 aliphatic heterocycles. The van der Waals surface area contributed by atoms with Crippen LogP contribution in [0.5, 0.6) is 0 Å². The number of anilines is 2. The monoisotopic (exact) mass is 259 g/mol. The van der Waals surface area contributed by atoms with Crippen LogP contribution in [0.3, 0.4) is 0 Å². The van der Waals surface area contributed by atoms with Crippen molar-refractivity contribution in [3.05, 3.63) is 59.4 Å². The Kier molecular flexibility index (Phi) is 3.51. The van der Waals surface area contributed by atoms with Gasteiger partial charge < -0.3 is 10.0 Å². The first-order chi connectivity index (χ1) is 8.99. The van der Waals surface area contributed by atoms with Gasteiger partial charge in [-0.05, 0) is 48.9 Å². The zero-order chi connectivity index (χ0) is 14.0. The molecular weight excluding hydrogens is 245 g/mol. The molecule has 0 unspecified atom stereocenters. The summed E-state index contributed by atoms with van der Waals surface area (Å²) in [6.07, 6.45) is 0. The van der Waals surface area contributed by atoms with Crippen LogP contribution in [0.15, 0.2) is 42.5 Å². The van der Waals surface area contributed by atoms with Crippen molar-refractivity contribution in [3.63, 3.8) is 0 Å². The Hall–Kier alpha value is -2.36. The lowest BCUT2D eigenvalue weighted by molar-refractivity contribution is 0.0697. The van der Waals surface area contributed by atoms with E-state index in [4.69, 9.17) is 0 Å². The summed E-state index contributed by atoms with van der Waals surface area (Å²) in [5, 5.41) is 9.21. The minimum atomic E-state index is -0.982. The maximum absolute atomic E-state index is 12.9. The minimum Gasteiger partial charge on any atom is -0.478 e. The molecule has 0 spiro atoms. The third kappa shape index (κ3) is 2.73. The van der Waals surface area contributed by atoms with Crippen LogP contribution in [-0.4, -0.2) is 18.1 Å². The standard InChI is InChI=1S/C15H14FNO2/c1-10-3-8-13(15(18)19)14(9-10)17(2)12-6-4-11(16)5-7-12/h3-9H,1-2H3,(H,18,19). The summed E-state index contributed by atoms with van der Waals surface area (Å²) >= 11 is 0. The van der Waals surface area contributed by atoms with Crippen molar-refractivity contribution in [1.82, 2.24) is 0 Å². The summed E-state index contributed by atoms with van der Waals surface area (Å²) in [6, 6.07) is 11.1. The van der Waals surface area contributed by atoms with Gasteiger partial charge in [0.1, 0.15) is 5.82 Å². The van der Waals surface area contributed by atoms with Gasteiger partial charge >= 0.3 is 5.97 Å². The average molecular weight is 259 g/mol. The molecule has 0 atom stereocenters. The number of carboxylic acids is 1. The van der Waals surface area contributed by atoms with Gasteiger partial charge in [-0.1, -0.05) is 6.07 Å². The van der Waals surface area contributed by atoms with E-state index < -0.39 is 5.97 Å². The second kappa shape index (κ2) is 5.10. The molecular formula is C15H14FNO2. The Balaban J connectivity index is 2.48. The molecule has 0 bridgehead atoms. The summed E-state index contributed by atoms with van der Waals surface area (Å²) in [4.78, 5) is 13.0. The molecule has 2 rings (SSSR count). The van der Waals surface area contributed by atoms with Crippen LogP contribution in [0, 0.1) is 12.7 Å². The predicted octanol–water partition coefficient (Wildman–Crippen LogP) is 3.60. The van der Waals surface area contributed by atoms with Crippen LogP contribution in [-0.2, 0) is 0 Å². The Morgan fingerprint density at radius 3 is 2.37 bits per heavy atom. The molecule has 1 N–H and O–H groups in total. The average Bonchev–Trinajstić information content (AvgIpc) is 2.38. The fourth-order valence-electron chi connectivity index (χ4n) is 1.90. The normalized spacial score (nSPS) is 10.3. The number of carboxylic acid groups (broad SMARTS) is 1. The van der Waals surface area contributed by atoms with Gasteiger partial charge in [0.2, 0.25) is 0 Å². The van der Waals surface area contributed by atoms with E-state index in [0.29, 0.717) is 5.69 Å². The largest absolute Gasteiger partial charge is 0.478 e. The number of hydrogen-bond acceptors (Lipinski definition) is 2. The number of rotatable bonds is 3. The van der Waals surface area contributed by atoms with Gasteiger partial charge in [0.25, 0.3) is 0 Å². The molecule has 98 valence electrons. The first kappa shape index (κ1) is 13.1. The zero-order valence-corrected chi connectivity index (χ0v) is 10.7. The van der Waals surface area contributed by atoms with Gasteiger partial charge in [-0.15, -0.1) is 0 Å². The van der Waals surface area contributed by atoms with E-state index in [1.54, 1.807) is 42.3 Å². The third-order valence-corrected chi connectivity index (χ3v) is 2.96. The number of aryl methyl sites for hydroxylation is 1. The van der Waals surface area contributed by atoms with Gasteiger partial charge in [-0.2, -0.15) is 0 Å².